The first kappa shape index (κ1) is 18.0. The summed E-state index contributed by atoms with van der Waals surface area (Å²) < 4.78 is 5.35. The molecule has 1 rings (SSSR count). The molecule has 21 heavy (non-hydrogen) atoms. The van der Waals surface area contributed by atoms with E-state index in [0.29, 0.717) is 32.6 Å². The van der Waals surface area contributed by atoms with Gasteiger partial charge in [-0.3, -0.25) is 9.59 Å². The van der Waals surface area contributed by atoms with Gasteiger partial charge in [0.15, 0.2) is 0 Å². The fraction of sp³-hybridized carbons (Fsp3) is 0.875. The van der Waals surface area contributed by atoms with E-state index in [1.807, 2.05) is 34.6 Å². The lowest BCUT2D eigenvalue weighted by Crippen LogP contribution is -2.71. The zero-order valence-electron chi connectivity index (χ0n) is 14.1. The SMILES string of the molecule is CCOCCCN1C(=O)C(CC)(CC)NC(=O)C1C(C)C. The van der Waals surface area contributed by atoms with Crippen molar-refractivity contribution in [1.29, 1.82) is 0 Å². The van der Waals surface area contributed by atoms with Crippen molar-refractivity contribution in [1.82, 2.24) is 10.2 Å². The van der Waals surface area contributed by atoms with E-state index in [1.165, 1.54) is 0 Å². The Hall–Kier alpha value is -1.10. The van der Waals surface area contributed by atoms with Crippen LogP contribution < -0.4 is 5.32 Å². The van der Waals surface area contributed by atoms with Gasteiger partial charge in [0.05, 0.1) is 0 Å². The Balaban J connectivity index is 2.93. The Morgan fingerprint density at radius 2 is 1.86 bits per heavy atom. The standard InChI is InChI=1S/C16H30N2O3/c1-6-16(7-2)15(20)18(10-9-11-21-8-3)13(12(4)5)14(19)17-16/h12-13H,6-11H2,1-5H3,(H,17,19). The van der Waals surface area contributed by atoms with Gasteiger partial charge in [-0.1, -0.05) is 27.7 Å². The Morgan fingerprint density at radius 3 is 2.33 bits per heavy atom. The minimum atomic E-state index is -0.728. The molecule has 1 N–H and O–H groups in total. The molecule has 0 aromatic rings. The van der Waals surface area contributed by atoms with Gasteiger partial charge >= 0.3 is 0 Å². The summed E-state index contributed by atoms with van der Waals surface area (Å²) in [6, 6.07) is -0.370. The van der Waals surface area contributed by atoms with E-state index in [2.05, 4.69) is 5.32 Å². The summed E-state index contributed by atoms with van der Waals surface area (Å²) in [7, 11) is 0. The third-order valence-corrected chi connectivity index (χ3v) is 4.37. The largest absolute Gasteiger partial charge is 0.382 e. The number of carbonyl (C=O) groups is 2. The highest BCUT2D eigenvalue weighted by molar-refractivity contribution is 5.99. The van der Waals surface area contributed by atoms with Crippen LogP contribution in [0.25, 0.3) is 0 Å². The fourth-order valence-electron chi connectivity index (χ4n) is 3.02. The van der Waals surface area contributed by atoms with Gasteiger partial charge < -0.3 is 15.0 Å². The van der Waals surface area contributed by atoms with Crippen molar-refractivity contribution in [3.05, 3.63) is 0 Å². The molecular formula is C16H30N2O3. The van der Waals surface area contributed by atoms with Crippen LogP contribution in [0.1, 0.15) is 53.9 Å². The zero-order valence-corrected chi connectivity index (χ0v) is 14.1. The van der Waals surface area contributed by atoms with Gasteiger partial charge in [0.25, 0.3) is 0 Å². The number of nitrogens with one attached hydrogen (secondary N) is 1. The number of amides is 2. The van der Waals surface area contributed by atoms with Crippen LogP contribution in [0.5, 0.6) is 0 Å². The Labute approximate surface area is 128 Å². The highest BCUT2D eigenvalue weighted by Gasteiger charge is 2.49. The predicted octanol–water partition coefficient (Wildman–Crippen LogP) is 1.95. The van der Waals surface area contributed by atoms with Gasteiger partial charge in [-0.25, -0.2) is 0 Å². The van der Waals surface area contributed by atoms with Gasteiger partial charge in [0, 0.05) is 19.8 Å². The topological polar surface area (TPSA) is 58.6 Å². The molecule has 1 atom stereocenters. The number of hydrogen-bond acceptors (Lipinski definition) is 3. The fourth-order valence-corrected chi connectivity index (χ4v) is 3.02. The molecule has 1 heterocycles. The molecule has 5 nitrogen and oxygen atoms in total. The molecule has 0 aliphatic carbocycles. The molecule has 0 saturated carbocycles. The summed E-state index contributed by atoms with van der Waals surface area (Å²) >= 11 is 0. The molecule has 1 aliphatic rings. The van der Waals surface area contributed by atoms with Crippen LogP contribution in [0, 0.1) is 5.92 Å². The summed E-state index contributed by atoms with van der Waals surface area (Å²) in [5, 5.41) is 2.98. The molecule has 122 valence electrons. The maximum atomic E-state index is 12.9. The van der Waals surface area contributed by atoms with E-state index in [-0.39, 0.29) is 23.8 Å². The second-order valence-corrected chi connectivity index (χ2v) is 6.02. The average molecular weight is 298 g/mol. The minimum absolute atomic E-state index is 0.0234. The van der Waals surface area contributed by atoms with Gasteiger partial charge in [-0.05, 0) is 32.1 Å². The number of ether oxygens (including phenoxy) is 1. The van der Waals surface area contributed by atoms with Crippen LogP contribution in [0.15, 0.2) is 0 Å². The second kappa shape index (κ2) is 7.78. The van der Waals surface area contributed by atoms with E-state index < -0.39 is 5.54 Å². The summed E-state index contributed by atoms with van der Waals surface area (Å²) in [6.07, 6.45) is 2.02. The normalized spacial score (nSPS) is 21.8. The molecule has 1 unspecified atom stereocenters. The average Bonchev–Trinajstić information content (AvgIpc) is 2.46. The first-order valence-corrected chi connectivity index (χ1v) is 8.14. The van der Waals surface area contributed by atoms with E-state index in [4.69, 9.17) is 4.74 Å². The lowest BCUT2D eigenvalue weighted by molar-refractivity contribution is -0.157. The maximum absolute atomic E-state index is 12.9. The van der Waals surface area contributed by atoms with Crippen molar-refractivity contribution >= 4 is 11.8 Å². The highest BCUT2D eigenvalue weighted by atomic mass is 16.5. The number of rotatable bonds is 8. The summed E-state index contributed by atoms with van der Waals surface area (Å²) in [5.41, 5.74) is -0.728. The van der Waals surface area contributed by atoms with E-state index in [1.54, 1.807) is 4.90 Å². The minimum Gasteiger partial charge on any atom is -0.382 e. The van der Waals surface area contributed by atoms with E-state index >= 15 is 0 Å². The monoisotopic (exact) mass is 298 g/mol. The Kier molecular flexibility index (Phi) is 6.65. The highest BCUT2D eigenvalue weighted by Crippen LogP contribution is 2.27. The molecule has 0 radical (unpaired) electrons. The lowest BCUT2D eigenvalue weighted by atomic mass is 9.85. The molecule has 0 aromatic heterocycles. The smallest absolute Gasteiger partial charge is 0.248 e. The van der Waals surface area contributed by atoms with Crippen molar-refractivity contribution in [2.45, 2.75) is 65.5 Å². The van der Waals surface area contributed by atoms with Crippen LogP contribution in [0.3, 0.4) is 0 Å². The van der Waals surface area contributed by atoms with Gasteiger partial charge in [-0.2, -0.15) is 0 Å². The quantitative estimate of drug-likeness (QED) is 0.697. The number of carbonyl (C=O) groups excluding carboxylic acids is 2. The number of nitrogens with zero attached hydrogens (tertiary/aromatic N) is 1. The van der Waals surface area contributed by atoms with Crippen molar-refractivity contribution in [3.63, 3.8) is 0 Å². The summed E-state index contributed by atoms with van der Waals surface area (Å²) in [4.78, 5) is 27.2. The van der Waals surface area contributed by atoms with Crippen LogP contribution in [0.2, 0.25) is 0 Å². The lowest BCUT2D eigenvalue weighted by Gasteiger charge is -2.46. The second-order valence-electron chi connectivity index (χ2n) is 6.02. The van der Waals surface area contributed by atoms with Gasteiger partial charge in [0.1, 0.15) is 11.6 Å². The first-order chi connectivity index (χ1) is 9.93. The van der Waals surface area contributed by atoms with Crippen LogP contribution in [-0.4, -0.2) is 48.1 Å². The molecule has 1 saturated heterocycles. The Morgan fingerprint density at radius 1 is 1.24 bits per heavy atom. The summed E-state index contributed by atoms with van der Waals surface area (Å²) in [5.74, 6) is 0.139. The van der Waals surface area contributed by atoms with Crippen LogP contribution in [-0.2, 0) is 14.3 Å². The molecule has 1 aliphatic heterocycles. The van der Waals surface area contributed by atoms with Gasteiger partial charge in [-0.15, -0.1) is 0 Å². The van der Waals surface area contributed by atoms with Gasteiger partial charge in [0.2, 0.25) is 11.8 Å². The van der Waals surface area contributed by atoms with E-state index in [0.717, 1.165) is 6.42 Å². The molecule has 0 bridgehead atoms. The van der Waals surface area contributed by atoms with Crippen molar-refractivity contribution < 1.29 is 14.3 Å². The number of piperazine rings is 1. The molecule has 0 spiro atoms. The maximum Gasteiger partial charge on any atom is 0.248 e. The first-order valence-electron chi connectivity index (χ1n) is 8.14. The zero-order chi connectivity index (χ0) is 16.0. The molecule has 1 fully saturated rings. The van der Waals surface area contributed by atoms with E-state index in [9.17, 15) is 9.59 Å². The predicted molar refractivity (Wildman–Crippen MR) is 82.9 cm³/mol. The Bertz CT molecular complexity index is 365. The van der Waals surface area contributed by atoms with Crippen LogP contribution in [0.4, 0.5) is 0 Å². The van der Waals surface area contributed by atoms with Crippen molar-refractivity contribution in [3.8, 4) is 0 Å². The third-order valence-electron chi connectivity index (χ3n) is 4.37. The van der Waals surface area contributed by atoms with Crippen LogP contribution >= 0.6 is 0 Å². The molecule has 2 amide bonds. The molecular weight excluding hydrogens is 268 g/mol. The summed E-state index contributed by atoms with van der Waals surface area (Å²) in [6.45, 7) is 11.7. The molecule has 5 heteroatoms. The third kappa shape index (κ3) is 3.76. The van der Waals surface area contributed by atoms with Crippen molar-refractivity contribution in [2.24, 2.45) is 5.92 Å². The van der Waals surface area contributed by atoms with Crippen molar-refractivity contribution in [2.75, 3.05) is 19.8 Å². The molecule has 0 aromatic carbocycles. The number of hydrogen-bond donors (Lipinski definition) is 1.